The first kappa shape index (κ1) is 15.9. The fourth-order valence-corrected chi connectivity index (χ4v) is 2.51. The van der Waals surface area contributed by atoms with Crippen LogP contribution >= 0.6 is 0 Å². The maximum Gasteiger partial charge on any atom is 0.328 e. The van der Waals surface area contributed by atoms with E-state index in [1.54, 1.807) is 0 Å². The molecule has 2 aromatic heterocycles. The summed E-state index contributed by atoms with van der Waals surface area (Å²) in [6.45, 7) is 7.55. The molecule has 2 rings (SSSR count). The first-order valence-electron chi connectivity index (χ1n) is 6.98. The van der Waals surface area contributed by atoms with Crippen molar-refractivity contribution in [1.29, 1.82) is 0 Å². The van der Waals surface area contributed by atoms with Crippen LogP contribution in [-0.2, 0) is 16.1 Å². The summed E-state index contributed by atoms with van der Waals surface area (Å²) < 4.78 is 8.30. The Kier molecular flexibility index (Phi) is 4.69. The minimum Gasteiger partial charge on any atom is -0.456 e. The zero-order chi connectivity index (χ0) is 16.3. The highest BCUT2D eigenvalue weighted by Gasteiger charge is 2.18. The average molecular weight is 305 g/mol. The second-order valence-corrected chi connectivity index (χ2v) is 5.34. The van der Waals surface area contributed by atoms with Crippen LogP contribution in [0.1, 0.15) is 41.6 Å². The Morgan fingerprint density at radius 1 is 1.32 bits per heavy atom. The van der Waals surface area contributed by atoms with Gasteiger partial charge in [0, 0.05) is 23.0 Å². The molecule has 118 valence electrons. The third-order valence-corrected chi connectivity index (χ3v) is 3.35. The van der Waals surface area contributed by atoms with Crippen molar-refractivity contribution in [1.82, 2.24) is 24.8 Å². The van der Waals surface area contributed by atoms with E-state index in [1.807, 2.05) is 19.9 Å². The Morgan fingerprint density at radius 2 is 2.05 bits per heavy atom. The van der Waals surface area contributed by atoms with Gasteiger partial charge in [0.15, 0.2) is 6.61 Å². The molecule has 8 nitrogen and oxygen atoms in total. The molecule has 0 radical (unpaired) electrons. The van der Waals surface area contributed by atoms with Crippen molar-refractivity contribution in [3.63, 3.8) is 0 Å². The molecular formula is C14H19N5O3. The topological polar surface area (TPSA) is 91.9 Å². The van der Waals surface area contributed by atoms with Crippen molar-refractivity contribution in [3.05, 3.63) is 29.3 Å². The number of aryl methyl sites for hydroxylation is 1. The molecule has 0 saturated carbocycles. The zero-order valence-electron chi connectivity index (χ0n) is 13.1. The maximum absolute atomic E-state index is 12.2. The monoisotopic (exact) mass is 305 g/mol. The molecule has 0 aromatic carbocycles. The third kappa shape index (κ3) is 3.38. The number of rotatable bonds is 6. The van der Waals surface area contributed by atoms with Crippen LogP contribution in [-0.4, -0.2) is 43.1 Å². The standard InChI is InChI=1S/C14H19N5O3/c1-9(2)19-10(3)5-12(11(19)4)13(20)7-22-14(21)6-18-8-15-16-17-18/h5,8-9H,6-7H2,1-4H3. The highest BCUT2D eigenvalue weighted by atomic mass is 16.5. The van der Waals surface area contributed by atoms with Crippen LogP contribution in [0.15, 0.2) is 12.4 Å². The van der Waals surface area contributed by atoms with Gasteiger partial charge in [-0.05, 0) is 44.2 Å². The van der Waals surface area contributed by atoms with Crippen molar-refractivity contribution in [2.45, 2.75) is 40.3 Å². The summed E-state index contributed by atoms with van der Waals surface area (Å²) in [7, 11) is 0. The predicted molar refractivity (Wildman–Crippen MR) is 77.4 cm³/mol. The van der Waals surface area contributed by atoms with Crippen molar-refractivity contribution >= 4 is 11.8 Å². The molecule has 2 aromatic rings. The number of hydrogen-bond acceptors (Lipinski definition) is 6. The van der Waals surface area contributed by atoms with E-state index < -0.39 is 5.97 Å². The second-order valence-electron chi connectivity index (χ2n) is 5.34. The van der Waals surface area contributed by atoms with Crippen LogP contribution in [0.4, 0.5) is 0 Å². The number of aromatic nitrogens is 5. The van der Waals surface area contributed by atoms with Crippen molar-refractivity contribution in [2.24, 2.45) is 0 Å². The lowest BCUT2D eigenvalue weighted by atomic mass is 10.1. The predicted octanol–water partition coefficient (Wildman–Crippen LogP) is 1.10. The lowest BCUT2D eigenvalue weighted by Gasteiger charge is -2.13. The molecule has 0 unspecified atom stereocenters. The van der Waals surface area contributed by atoms with Gasteiger partial charge in [-0.1, -0.05) is 0 Å². The molecule has 0 saturated heterocycles. The van der Waals surface area contributed by atoms with Gasteiger partial charge in [0.25, 0.3) is 0 Å². The van der Waals surface area contributed by atoms with Gasteiger partial charge < -0.3 is 9.30 Å². The van der Waals surface area contributed by atoms with E-state index in [1.165, 1.54) is 11.0 Å². The average Bonchev–Trinajstić information content (AvgIpc) is 3.04. The number of esters is 1. The van der Waals surface area contributed by atoms with Crippen LogP contribution in [0.3, 0.4) is 0 Å². The van der Waals surface area contributed by atoms with Crippen LogP contribution in [0, 0.1) is 13.8 Å². The summed E-state index contributed by atoms with van der Waals surface area (Å²) in [6, 6.07) is 2.09. The molecule has 0 aliphatic rings. The zero-order valence-corrected chi connectivity index (χ0v) is 13.1. The fraction of sp³-hybridized carbons (Fsp3) is 0.500. The Morgan fingerprint density at radius 3 is 2.59 bits per heavy atom. The number of ether oxygens (including phenoxy) is 1. The van der Waals surface area contributed by atoms with Crippen LogP contribution < -0.4 is 0 Å². The molecule has 0 bridgehead atoms. The van der Waals surface area contributed by atoms with E-state index in [0.29, 0.717) is 5.56 Å². The lowest BCUT2D eigenvalue weighted by molar-refractivity contribution is -0.143. The fourth-order valence-electron chi connectivity index (χ4n) is 2.51. The Labute approximate surface area is 128 Å². The SMILES string of the molecule is Cc1cc(C(=O)COC(=O)Cn2cnnn2)c(C)n1C(C)C. The number of ketones is 1. The first-order chi connectivity index (χ1) is 10.4. The number of carbonyl (C=O) groups is 2. The molecule has 0 aliphatic carbocycles. The number of hydrogen-bond donors (Lipinski definition) is 0. The van der Waals surface area contributed by atoms with Crippen molar-refractivity contribution in [3.8, 4) is 0 Å². The molecule has 0 amide bonds. The first-order valence-corrected chi connectivity index (χ1v) is 6.98. The molecule has 0 spiro atoms. The van der Waals surface area contributed by atoms with E-state index in [2.05, 4.69) is 33.9 Å². The minimum absolute atomic E-state index is 0.120. The summed E-state index contributed by atoms with van der Waals surface area (Å²) in [5.41, 5.74) is 2.48. The summed E-state index contributed by atoms with van der Waals surface area (Å²) in [5, 5.41) is 10.4. The van der Waals surface area contributed by atoms with Crippen LogP contribution in [0.2, 0.25) is 0 Å². The molecule has 0 fully saturated rings. The van der Waals surface area contributed by atoms with Crippen molar-refractivity contribution in [2.75, 3.05) is 6.61 Å². The molecule has 2 heterocycles. The van der Waals surface area contributed by atoms with E-state index in [0.717, 1.165) is 11.4 Å². The minimum atomic E-state index is -0.557. The van der Waals surface area contributed by atoms with Gasteiger partial charge >= 0.3 is 5.97 Å². The van der Waals surface area contributed by atoms with E-state index in [9.17, 15) is 9.59 Å². The number of nitrogens with zero attached hydrogens (tertiary/aromatic N) is 5. The van der Waals surface area contributed by atoms with E-state index >= 15 is 0 Å². The van der Waals surface area contributed by atoms with Gasteiger partial charge in [-0.15, -0.1) is 5.10 Å². The quantitative estimate of drug-likeness (QED) is 0.586. The molecule has 8 heteroatoms. The Bertz CT molecular complexity index is 673. The molecule has 0 N–H and O–H groups in total. The maximum atomic E-state index is 12.2. The van der Waals surface area contributed by atoms with Gasteiger partial charge in [-0.2, -0.15) is 0 Å². The Balaban J connectivity index is 1.98. The summed E-state index contributed by atoms with van der Waals surface area (Å²) in [4.78, 5) is 23.8. The van der Waals surface area contributed by atoms with Gasteiger partial charge in [0.05, 0.1) is 0 Å². The van der Waals surface area contributed by atoms with Gasteiger partial charge in [0.2, 0.25) is 5.78 Å². The van der Waals surface area contributed by atoms with E-state index in [4.69, 9.17) is 4.74 Å². The molecule has 22 heavy (non-hydrogen) atoms. The highest BCUT2D eigenvalue weighted by Crippen LogP contribution is 2.20. The molecular weight excluding hydrogens is 286 g/mol. The summed E-state index contributed by atoms with van der Waals surface area (Å²) in [6.07, 6.45) is 1.30. The molecule has 0 atom stereocenters. The number of Topliss-reactive ketones (excluding diaryl/α,β-unsaturated/α-hetero) is 1. The Hall–Kier alpha value is -2.51. The normalized spacial score (nSPS) is 11.0. The molecule has 0 aliphatic heterocycles. The van der Waals surface area contributed by atoms with Crippen molar-refractivity contribution < 1.29 is 14.3 Å². The van der Waals surface area contributed by atoms with Gasteiger partial charge in [-0.3, -0.25) is 9.59 Å². The summed E-state index contributed by atoms with van der Waals surface area (Å²) in [5.74, 6) is -0.775. The summed E-state index contributed by atoms with van der Waals surface area (Å²) >= 11 is 0. The number of tetrazole rings is 1. The third-order valence-electron chi connectivity index (χ3n) is 3.35. The largest absolute Gasteiger partial charge is 0.456 e. The smallest absolute Gasteiger partial charge is 0.328 e. The highest BCUT2D eigenvalue weighted by molar-refractivity contribution is 5.99. The number of carbonyl (C=O) groups excluding carboxylic acids is 2. The van der Waals surface area contributed by atoms with Gasteiger partial charge in [-0.25, -0.2) is 4.68 Å². The van der Waals surface area contributed by atoms with Crippen LogP contribution in [0.5, 0.6) is 0 Å². The lowest BCUT2D eigenvalue weighted by Crippen LogP contribution is -2.19. The van der Waals surface area contributed by atoms with Crippen LogP contribution in [0.25, 0.3) is 0 Å². The van der Waals surface area contributed by atoms with E-state index in [-0.39, 0.29) is 25.0 Å². The van der Waals surface area contributed by atoms with Gasteiger partial charge in [0.1, 0.15) is 12.9 Å². The second kappa shape index (κ2) is 6.50.